The van der Waals surface area contributed by atoms with E-state index in [2.05, 4.69) is 14.9 Å². The molecule has 0 amide bonds. The fourth-order valence-corrected chi connectivity index (χ4v) is 2.69. The highest BCUT2D eigenvalue weighted by Gasteiger charge is 2.16. The molecule has 7 heteroatoms. The maximum absolute atomic E-state index is 8.55. The number of anilines is 2. The highest BCUT2D eigenvalue weighted by molar-refractivity contribution is 6.13. The number of nitrogen functional groups attached to an aromatic ring is 1. The monoisotopic (exact) mass is 341 g/mol. The van der Waals surface area contributed by atoms with Crippen LogP contribution in [-0.2, 0) is 4.74 Å². The van der Waals surface area contributed by atoms with Crippen LogP contribution in [0.4, 0.5) is 11.6 Å². The van der Waals surface area contributed by atoms with Crippen LogP contribution in [0.25, 0.3) is 0 Å². The van der Waals surface area contributed by atoms with Gasteiger partial charge in [0.2, 0.25) is 0 Å². The molecule has 1 aliphatic rings. The molecule has 132 valence electrons. The van der Waals surface area contributed by atoms with Gasteiger partial charge in [-0.3, -0.25) is 5.41 Å². The van der Waals surface area contributed by atoms with Crippen molar-refractivity contribution in [1.82, 2.24) is 9.97 Å². The van der Waals surface area contributed by atoms with Crippen molar-refractivity contribution in [2.45, 2.75) is 20.0 Å². The standard InChI is InChI=1S/C18H23N5O2/c1-12(2)25-14-10-15(18(20)22-11-14)17(19)13-3-4-21-16(9-13)23-5-7-24-8-6-23/h3-4,9-12,19H,5-8H2,1-2H3,(H2,20,22). The van der Waals surface area contributed by atoms with Crippen LogP contribution in [0.5, 0.6) is 5.75 Å². The maximum Gasteiger partial charge on any atom is 0.138 e. The van der Waals surface area contributed by atoms with E-state index in [-0.39, 0.29) is 6.10 Å². The van der Waals surface area contributed by atoms with Gasteiger partial charge in [-0.05, 0) is 32.0 Å². The lowest BCUT2D eigenvalue weighted by molar-refractivity contribution is 0.122. The highest BCUT2D eigenvalue weighted by Crippen LogP contribution is 2.23. The van der Waals surface area contributed by atoms with Gasteiger partial charge < -0.3 is 20.1 Å². The van der Waals surface area contributed by atoms with Gasteiger partial charge in [0.15, 0.2) is 0 Å². The summed E-state index contributed by atoms with van der Waals surface area (Å²) in [5.41, 5.74) is 7.59. The summed E-state index contributed by atoms with van der Waals surface area (Å²) in [6.45, 7) is 6.86. The number of pyridine rings is 2. The summed E-state index contributed by atoms with van der Waals surface area (Å²) in [4.78, 5) is 10.7. The molecule has 7 nitrogen and oxygen atoms in total. The number of rotatable bonds is 5. The first-order valence-electron chi connectivity index (χ1n) is 8.35. The largest absolute Gasteiger partial charge is 0.489 e. The van der Waals surface area contributed by atoms with Crippen molar-refractivity contribution >= 4 is 17.3 Å². The van der Waals surface area contributed by atoms with E-state index in [1.807, 2.05) is 26.0 Å². The lowest BCUT2D eigenvalue weighted by Gasteiger charge is -2.28. The molecule has 0 atom stereocenters. The van der Waals surface area contributed by atoms with Crippen molar-refractivity contribution < 1.29 is 9.47 Å². The number of hydrogen-bond donors (Lipinski definition) is 2. The third kappa shape index (κ3) is 4.06. The van der Waals surface area contributed by atoms with Crippen LogP contribution in [0.2, 0.25) is 0 Å². The van der Waals surface area contributed by atoms with E-state index in [4.69, 9.17) is 20.6 Å². The fourth-order valence-electron chi connectivity index (χ4n) is 2.69. The van der Waals surface area contributed by atoms with Crippen LogP contribution in [0, 0.1) is 5.41 Å². The third-order valence-electron chi connectivity index (χ3n) is 3.90. The molecule has 0 spiro atoms. The predicted octanol–water partition coefficient (Wildman–Crippen LogP) is 2.10. The van der Waals surface area contributed by atoms with E-state index in [0.717, 1.165) is 24.5 Å². The number of aromatic nitrogens is 2. The van der Waals surface area contributed by atoms with Gasteiger partial charge in [0.1, 0.15) is 17.4 Å². The molecule has 0 aliphatic carbocycles. The lowest BCUT2D eigenvalue weighted by atomic mass is 10.0. The minimum absolute atomic E-state index is 0.0290. The Balaban J connectivity index is 1.87. The zero-order valence-electron chi connectivity index (χ0n) is 14.5. The Morgan fingerprint density at radius 2 is 2.04 bits per heavy atom. The van der Waals surface area contributed by atoms with Crippen molar-refractivity contribution in [2.75, 3.05) is 36.9 Å². The quantitative estimate of drug-likeness (QED) is 0.808. The van der Waals surface area contributed by atoms with Gasteiger partial charge in [0.25, 0.3) is 0 Å². The molecule has 0 saturated carbocycles. The Kier molecular flexibility index (Phi) is 5.14. The first kappa shape index (κ1) is 17.2. The summed E-state index contributed by atoms with van der Waals surface area (Å²) in [7, 11) is 0. The molecule has 1 fully saturated rings. The maximum atomic E-state index is 8.55. The third-order valence-corrected chi connectivity index (χ3v) is 3.90. The molecule has 0 bridgehead atoms. The van der Waals surface area contributed by atoms with Crippen LogP contribution >= 0.6 is 0 Å². The van der Waals surface area contributed by atoms with Crippen molar-refractivity contribution in [2.24, 2.45) is 0 Å². The Morgan fingerprint density at radius 3 is 2.76 bits per heavy atom. The molecule has 1 aliphatic heterocycles. The van der Waals surface area contributed by atoms with Crippen molar-refractivity contribution in [3.8, 4) is 5.75 Å². The second-order valence-corrected chi connectivity index (χ2v) is 6.15. The van der Waals surface area contributed by atoms with Gasteiger partial charge >= 0.3 is 0 Å². The smallest absolute Gasteiger partial charge is 0.138 e. The first-order chi connectivity index (χ1) is 12.0. The molecule has 1 saturated heterocycles. The van der Waals surface area contributed by atoms with E-state index >= 15 is 0 Å². The normalized spacial score (nSPS) is 14.6. The average molecular weight is 341 g/mol. The van der Waals surface area contributed by atoms with Gasteiger partial charge in [0.05, 0.1) is 31.2 Å². The summed E-state index contributed by atoms with van der Waals surface area (Å²) in [6.07, 6.45) is 3.33. The summed E-state index contributed by atoms with van der Waals surface area (Å²) < 4.78 is 11.0. The molecule has 0 unspecified atom stereocenters. The molecular weight excluding hydrogens is 318 g/mol. The topological polar surface area (TPSA) is 97.4 Å². The molecule has 0 aromatic carbocycles. The van der Waals surface area contributed by atoms with Crippen LogP contribution < -0.4 is 15.4 Å². The Bertz CT molecular complexity index is 757. The number of nitrogens with zero attached hydrogens (tertiary/aromatic N) is 3. The Morgan fingerprint density at radius 1 is 1.28 bits per heavy atom. The molecule has 2 aromatic rings. The zero-order valence-corrected chi connectivity index (χ0v) is 14.5. The van der Waals surface area contributed by atoms with E-state index in [9.17, 15) is 0 Å². The summed E-state index contributed by atoms with van der Waals surface area (Å²) in [5, 5.41) is 8.55. The number of nitrogens with one attached hydrogen (secondary N) is 1. The lowest BCUT2D eigenvalue weighted by Crippen LogP contribution is -2.36. The predicted molar refractivity (Wildman–Crippen MR) is 97.6 cm³/mol. The van der Waals surface area contributed by atoms with E-state index in [0.29, 0.717) is 36.1 Å². The highest BCUT2D eigenvalue weighted by atomic mass is 16.5. The van der Waals surface area contributed by atoms with Gasteiger partial charge in [-0.1, -0.05) is 0 Å². The van der Waals surface area contributed by atoms with E-state index in [1.165, 1.54) is 0 Å². The SMILES string of the molecule is CC(C)Oc1cnc(N)c(C(=N)c2ccnc(N3CCOCC3)c2)c1. The first-order valence-corrected chi connectivity index (χ1v) is 8.35. The van der Waals surface area contributed by atoms with Crippen molar-refractivity contribution in [3.05, 3.63) is 41.7 Å². The molecule has 3 N–H and O–H groups in total. The average Bonchev–Trinajstić information content (AvgIpc) is 2.63. The summed E-state index contributed by atoms with van der Waals surface area (Å²) >= 11 is 0. The van der Waals surface area contributed by atoms with Crippen LogP contribution in [0.1, 0.15) is 25.0 Å². The van der Waals surface area contributed by atoms with Crippen LogP contribution in [0.3, 0.4) is 0 Å². The number of ether oxygens (including phenoxy) is 2. The van der Waals surface area contributed by atoms with Gasteiger partial charge in [-0.2, -0.15) is 0 Å². The van der Waals surface area contributed by atoms with Crippen LogP contribution in [-0.4, -0.2) is 48.1 Å². The second-order valence-electron chi connectivity index (χ2n) is 6.15. The number of nitrogens with two attached hydrogens (primary N) is 1. The molecule has 25 heavy (non-hydrogen) atoms. The zero-order chi connectivity index (χ0) is 17.8. The van der Waals surface area contributed by atoms with E-state index in [1.54, 1.807) is 18.5 Å². The number of hydrogen-bond acceptors (Lipinski definition) is 7. The minimum Gasteiger partial charge on any atom is -0.489 e. The second kappa shape index (κ2) is 7.48. The van der Waals surface area contributed by atoms with Gasteiger partial charge in [-0.25, -0.2) is 9.97 Å². The van der Waals surface area contributed by atoms with Gasteiger partial charge in [0, 0.05) is 30.4 Å². The molecule has 2 aromatic heterocycles. The Labute approximate surface area is 147 Å². The molecule has 3 heterocycles. The number of morpholine rings is 1. The summed E-state index contributed by atoms with van der Waals surface area (Å²) in [5.74, 6) is 1.75. The molecule has 0 radical (unpaired) electrons. The van der Waals surface area contributed by atoms with E-state index < -0.39 is 0 Å². The van der Waals surface area contributed by atoms with Crippen molar-refractivity contribution in [1.29, 1.82) is 5.41 Å². The summed E-state index contributed by atoms with van der Waals surface area (Å²) in [6, 6.07) is 5.48. The Hall–Kier alpha value is -2.67. The molecular formula is C18H23N5O2. The van der Waals surface area contributed by atoms with Gasteiger partial charge in [-0.15, -0.1) is 0 Å². The minimum atomic E-state index is 0.0290. The van der Waals surface area contributed by atoms with Crippen LogP contribution in [0.15, 0.2) is 30.6 Å². The van der Waals surface area contributed by atoms with Crippen molar-refractivity contribution in [3.63, 3.8) is 0 Å². The molecule has 3 rings (SSSR count). The fraction of sp³-hybridized carbons (Fsp3) is 0.389.